The maximum Gasteiger partial charge on any atom is 0.157 e. The normalized spacial score (nSPS) is 22.2. The fourth-order valence-corrected chi connectivity index (χ4v) is 1.40. The molecule has 1 fully saturated rings. The van der Waals surface area contributed by atoms with Crippen molar-refractivity contribution in [3.05, 3.63) is 12.2 Å². The van der Waals surface area contributed by atoms with E-state index in [-0.39, 0.29) is 6.29 Å². The number of rotatable bonds is 4. The Labute approximate surface area is 74.6 Å². The van der Waals surface area contributed by atoms with Crippen LogP contribution in [0.2, 0.25) is 0 Å². The zero-order valence-electron chi connectivity index (χ0n) is 7.95. The molecule has 1 atom stereocenters. The predicted octanol–water partition coefficient (Wildman–Crippen LogP) is 2.35. The SMILES string of the molecule is C/C=C/[C@H](C)CCC1OCCO1. The van der Waals surface area contributed by atoms with Gasteiger partial charge in [-0.2, -0.15) is 0 Å². The second-order valence-electron chi connectivity index (χ2n) is 3.25. The van der Waals surface area contributed by atoms with Crippen molar-refractivity contribution in [2.24, 2.45) is 5.92 Å². The van der Waals surface area contributed by atoms with Crippen molar-refractivity contribution >= 4 is 0 Å². The molecule has 1 heterocycles. The molecule has 1 aliphatic rings. The minimum Gasteiger partial charge on any atom is -0.350 e. The average molecular weight is 170 g/mol. The van der Waals surface area contributed by atoms with Gasteiger partial charge in [-0.15, -0.1) is 0 Å². The monoisotopic (exact) mass is 170 g/mol. The molecule has 70 valence electrons. The number of hydrogen-bond acceptors (Lipinski definition) is 2. The molecule has 2 heteroatoms. The summed E-state index contributed by atoms with van der Waals surface area (Å²) < 4.78 is 10.7. The van der Waals surface area contributed by atoms with E-state index >= 15 is 0 Å². The summed E-state index contributed by atoms with van der Waals surface area (Å²) in [6, 6.07) is 0. The van der Waals surface area contributed by atoms with Crippen LogP contribution < -0.4 is 0 Å². The Morgan fingerprint density at radius 3 is 2.67 bits per heavy atom. The van der Waals surface area contributed by atoms with Gasteiger partial charge in [-0.1, -0.05) is 19.1 Å². The zero-order chi connectivity index (χ0) is 8.81. The fourth-order valence-electron chi connectivity index (χ4n) is 1.40. The molecule has 1 aliphatic heterocycles. The Bertz CT molecular complexity index is 137. The van der Waals surface area contributed by atoms with Crippen molar-refractivity contribution in [1.82, 2.24) is 0 Å². The molecule has 1 saturated heterocycles. The highest BCUT2D eigenvalue weighted by Gasteiger charge is 2.15. The van der Waals surface area contributed by atoms with Crippen molar-refractivity contribution in [2.45, 2.75) is 33.0 Å². The molecule has 0 N–H and O–H groups in total. The summed E-state index contributed by atoms with van der Waals surface area (Å²) >= 11 is 0. The Morgan fingerprint density at radius 1 is 1.42 bits per heavy atom. The smallest absolute Gasteiger partial charge is 0.157 e. The largest absolute Gasteiger partial charge is 0.350 e. The summed E-state index contributed by atoms with van der Waals surface area (Å²) in [5, 5.41) is 0. The van der Waals surface area contributed by atoms with E-state index in [1.165, 1.54) is 0 Å². The van der Waals surface area contributed by atoms with Crippen LogP contribution in [0.15, 0.2) is 12.2 Å². The lowest BCUT2D eigenvalue weighted by Crippen LogP contribution is -2.08. The van der Waals surface area contributed by atoms with E-state index in [4.69, 9.17) is 9.47 Å². The first-order valence-electron chi connectivity index (χ1n) is 4.69. The van der Waals surface area contributed by atoms with Crippen LogP contribution in [0.25, 0.3) is 0 Å². The first-order valence-corrected chi connectivity index (χ1v) is 4.69. The molecule has 0 aromatic carbocycles. The quantitative estimate of drug-likeness (QED) is 0.603. The van der Waals surface area contributed by atoms with Gasteiger partial charge >= 0.3 is 0 Å². The van der Waals surface area contributed by atoms with Gasteiger partial charge in [0.15, 0.2) is 6.29 Å². The average Bonchev–Trinajstić information content (AvgIpc) is 2.53. The van der Waals surface area contributed by atoms with Crippen molar-refractivity contribution < 1.29 is 9.47 Å². The standard InChI is InChI=1S/C10H18O2/c1-3-4-9(2)5-6-10-11-7-8-12-10/h3-4,9-10H,5-8H2,1-2H3/b4-3+/t9-/m0/s1. The lowest BCUT2D eigenvalue weighted by molar-refractivity contribution is -0.0490. The third-order valence-electron chi connectivity index (χ3n) is 2.07. The van der Waals surface area contributed by atoms with E-state index in [0.29, 0.717) is 5.92 Å². The highest BCUT2D eigenvalue weighted by Crippen LogP contribution is 2.15. The van der Waals surface area contributed by atoms with E-state index in [9.17, 15) is 0 Å². The minimum absolute atomic E-state index is 0.0673. The third-order valence-corrected chi connectivity index (χ3v) is 2.07. The molecule has 0 bridgehead atoms. The van der Waals surface area contributed by atoms with Crippen LogP contribution in [-0.4, -0.2) is 19.5 Å². The molecular weight excluding hydrogens is 152 g/mol. The van der Waals surface area contributed by atoms with Crippen LogP contribution >= 0.6 is 0 Å². The fraction of sp³-hybridized carbons (Fsp3) is 0.800. The zero-order valence-corrected chi connectivity index (χ0v) is 7.95. The van der Waals surface area contributed by atoms with Crippen LogP contribution in [0.1, 0.15) is 26.7 Å². The van der Waals surface area contributed by atoms with Gasteiger partial charge in [-0.05, 0) is 25.7 Å². The van der Waals surface area contributed by atoms with E-state index in [0.717, 1.165) is 26.1 Å². The lowest BCUT2D eigenvalue weighted by Gasteiger charge is -2.10. The maximum atomic E-state index is 5.34. The summed E-state index contributed by atoms with van der Waals surface area (Å²) in [5.41, 5.74) is 0. The summed E-state index contributed by atoms with van der Waals surface area (Å²) in [5.74, 6) is 0.641. The summed E-state index contributed by atoms with van der Waals surface area (Å²) in [6.07, 6.45) is 6.55. The Hall–Kier alpha value is -0.340. The first-order chi connectivity index (χ1) is 5.83. The van der Waals surface area contributed by atoms with Gasteiger partial charge in [0.05, 0.1) is 13.2 Å². The van der Waals surface area contributed by atoms with Crippen LogP contribution in [0, 0.1) is 5.92 Å². The van der Waals surface area contributed by atoms with Gasteiger partial charge in [0, 0.05) is 0 Å². The number of allylic oxidation sites excluding steroid dienone is 2. The molecule has 0 aromatic heterocycles. The molecule has 1 rings (SSSR count). The van der Waals surface area contributed by atoms with Gasteiger partial charge < -0.3 is 9.47 Å². The first kappa shape index (κ1) is 9.75. The van der Waals surface area contributed by atoms with Crippen LogP contribution in [0.5, 0.6) is 0 Å². The second-order valence-corrected chi connectivity index (χ2v) is 3.25. The van der Waals surface area contributed by atoms with Gasteiger partial charge in [-0.25, -0.2) is 0 Å². The van der Waals surface area contributed by atoms with E-state index < -0.39 is 0 Å². The highest BCUT2D eigenvalue weighted by molar-refractivity contribution is 4.82. The molecule has 0 spiro atoms. The van der Waals surface area contributed by atoms with E-state index in [1.54, 1.807) is 0 Å². The Kier molecular flexibility index (Phi) is 4.33. The van der Waals surface area contributed by atoms with E-state index in [1.807, 2.05) is 0 Å². The van der Waals surface area contributed by atoms with Crippen LogP contribution in [-0.2, 0) is 9.47 Å². The summed E-state index contributed by atoms with van der Waals surface area (Å²) in [7, 11) is 0. The van der Waals surface area contributed by atoms with Crippen molar-refractivity contribution in [3.8, 4) is 0 Å². The molecule has 2 nitrogen and oxygen atoms in total. The van der Waals surface area contributed by atoms with Crippen molar-refractivity contribution in [3.63, 3.8) is 0 Å². The van der Waals surface area contributed by atoms with Gasteiger partial charge in [0.2, 0.25) is 0 Å². The molecule has 0 saturated carbocycles. The van der Waals surface area contributed by atoms with E-state index in [2.05, 4.69) is 26.0 Å². The summed E-state index contributed by atoms with van der Waals surface area (Å²) in [6.45, 7) is 5.80. The van der Waals surface area contributed by atoms with Gasteiger partial charge in [0.1, 0.15) is 0 Å². The second kappa shape index (κ2) is 5.33. The molecule has 0 aliphatic carbocycles. The molecule has 12 heavy (non-hydrogen) atoms. The maximum absolute atomic E-state index is 5.34. The highest BCUT2D eigenvalue weighted by atomic mass is 16.7. The molecule has 0 radical (unpaired) electrons. The molecule has 0 amide bonds. The van der Waals surface area contributed by atoms with Gasteiger partial charge in [0.25, 0.3) is 0 Å². The lowest BCUT2D eigenvalue weighted by atomic mass is 10.1. The third kappa shape index (κ3) is 3.37. The number of ether oxygens (including phenoxy) is 2. The molecule has 0 aromatic rings. The summed E-state index contributed by atoms with van der Waals surface area (Å²) in [4.78, 5) is 0. The topological polar surface area (TPSA) is 18.5 Å². The van der Waals surface area contributed by atoms with Crippen LogP contribution in [0.4, 0.5) is 0 Å². The molecule has 0 unspecified atom stereocenters. The Morgan fingerprint density at radius 2 is 2.08 bits per heavy atom. The number of hydrogen-bond donors (Lipinski definition) is 0. The molecular formula is C10H18O2. The van der Waals surface area contributed by atoms with Crippen LogP contribution in [0.3, 0.4) is 0 Å². The predicted molar refractivity (Wildman–Crippen MR) is 48.9 cm³/mol. The minimum atomic E-state index is 0.0673. The van der Waals surface area contributed by atoms with Crippen molar-refractivity contribution in [2.75, 3.05) is 13.2 Å². The van der Waals surface area contributed by atoms with Gasteiger partial charge in [-0.3, -0.25) is 0 Å². The van der Waals surface area contributed by atoms with Crippen molar-refractivity contribution in [1.29, 1.82) is 0 Å². The Balaban J connectivity index is 2.07.